The summed E-state index contributed by atoms with van der Waals surface area (Å²) in [6.07, 6.45) is 0.617. The zero-order valence-corrected chi connectivity index (χ0v) is 12.0. The first kappa shape index (κ1) is 16.2. The molecule has 22 heavy (non-hydrogen) atoms. The van der Waals surface area contributed by atoms with Crippen LogP contribution < -0.4 is 10.1 Å². The van der Waals surface area contributed by atoms with Crippen molar-refractivity contribution in [3.63, 3.8) is 0 Å². The molecule has 1 amide bonds. The van der Waals surface area contributed by atoms with Crippen LogP contribution in [0.25, 0.3) is 0 Å². The van der Waals surface area contributed by atoms with Crippen LogP contribution in [0.15, 0.2) is 18.2 Å². The molecule has 1 aliphatic carbocycles. The maximum atomic E-state index is 13.1. The zero-order chi connectivity index (χ0) is 16.3. The van der Waals surface area contributed by atoms with Crippen LogP contribution in [-0.2, 0) is 9.59 Å². The topological polar surface area (TPSA) is 75.6 Å². The lowest BCUT2D eigenvalue weighted by Gasteiger charge is -2.18. The molecule has 0 bridgehead atoms. The first-order chi connectivity index (χ1) is 10.4. The first-order valence-electron chi connectivity index (χ1n) is 7.01. The Morgan fingerprint density at radius 2 is 2.05 bits per heavy atom. The van der Waals surface area contributed by atoms with Gasteiger partial charge in [-0.1, -0.05) is 0 Å². The molecule has 1 fully saturated rings. The van der Waals surface area contributed by atoms with Crippen LogP contribution in [0.2, 0.25) is 0 Å². The van der Waals surface area contributed by atoms with E-state index in [1.807, 2.05) is 0 Å². The number of hydrogen-bond donors (Lipinski definition) is 2. The highest BCUT2D eigenvalue weighted by molar-refractivity contribution is 5.81. The van der Waals surface area contributed by atoms with E-state index < -0.39 is 35.5 Å². The number of ether oxygens (including phenoxy) is 1. The van der Waals surface area contributed by atoms with Gasteiger partial charge in [-0.05, 0) is 38.3 Å². The molecule has 0 spiro atoms. The van der Waals surface area contributed by atoms with Crippen LogP contribution in [0.1, 0.15) is 26.2 Å². The molecule has 0 heterocycles. The van der Waals surface area contributed by atoms with Gasteiger partial charge >= 0.3 is 5.97 Å². The summed E-state index contributed by atoms with van der Waals surface area (Å²) < 4.78 is 31.1. The van der Waals surface area contributed by atoms with E-state index in [1.165, 1.54) is 13.0 Å². The van der Waals surface area contributed by atoms with Gasteiger partial charge in [0.15, 0.2) is 17.7 Å². The average Bonchev–Trinajstić information content (AvgIpc) is 2.91. The van der Waals surface area contributed by atoms with E-state index in [4.69, 9.17) is 9.84 Å². The van der Waals surface area contributed by atoms with E-state index in [-0.39, 0.29) is 11.8 Å². The normalized spacial score (nSPS) is 22.1. The molecule has 1 aromatic carbocycles. The van der Waals surface area contributed by atoms with Gasteiger partial charge < -0.3 is 15.2 Å². The minimum absolute atomic E-state index is 0.0522. The highest BCUT2D eigenvalue weighted by Crippen LogP contribution is 2.25. The Bertz CT molecular complexity index is 579. The van der Waals surface area contributed by atoms with Crippen molar-refractivity contribution in [3.8, 4) is 5.75 Å². The van der Waals surface area contributed by atoms with Crippen LogP contribution in [0.5, 0.6) is 5.75 Å². The van der Waals surface area contributed by atoms with Crippen molar-refractivity contribution < 1.29 is 28.2 Å². The van der Waals surface area contributed by atoms with Crippen molar-refractivity contribution in [2.45, 2.75) is 38.3 Å². The molecule has 0 radical (unpaired) electrons. The number of carboxylic acid groups (broad SMARTS) is 1. The molecule has 120 valence electrons. The third-order valence-corrected chi connectivity index (χ3v) is 3.70. The number of hydrogen-bond acceptors (Lipinski definition) is 3. The lowest BCUT2D eigenvalue weighted by Crippen LogP contribution is -2.41. The standard InChI is InChI=1S/C15H17F2NO4/c1-8(22-11-4-5-12(16)13(17)7-11)14(19)18-10-3-2-9(6-10)15(20)21/h4-5,7-10H,2-3,6H2,1H3,(H,18,19)(H,20,21)/t8?,9-,10+/m1/s1. The largest absolute Gasteiger partial charge is 0.481 e. The highest BCUT2D eigenvalue weighted by atomic mass is 19.2. The van der Waals surface area contributed by atoms with Crippen molar-refractivity contribution in [3.05, 3.63) is 29.8 Å². The maximum Gasteiger partial charge on any atom is 0.306 e. The number of benzene rings is 1. The van der Waals surface area contributed by atoms with E-state index in [2.05, 4.69) is 5.32 Å². The minimum Gasteiger partial charge on any atom is -0.481 e. The number of carboxylic acids is 1. The number of halogens is 2. The summed E-state index contributed by atoms with van der Waals surface area (Å²) in [4.78, 5) is 22.8. The second kappa shape index (κ2) is 6.72. The van der Waals surface area contributed by atoms with Gasteiger partial charge in [-0.3, -0.25) is 9.59 Å². The molecule has 0 saturated heterocycles. The second-order valence-electron chi connectivity index (χ2n) is 5.39. The third kappa shape index (κ3) is 3.93. The summed E-state index contributed by atoms with van der Waals surface area (Å²) in [6, 6.07) is 2.82. The van der Waals surface area contributed by atoms with Gasteiger partial charge in [0, 0.05) is 12.1 Å². The van der Waals surface area contributed by atoms with Gasteiger partial charge in [-0.2, -0.15) is 0 Å². The molecule has 0 aliphatic heterocycles. The molecule has 1 aliphatic rings. The van der Waals surface area contributed by atoms with E-state index >= 15 is 0 Å². The van der Waals surface area contributed by atoms with Crippen LogP contribution >= 0.6 is 0 Å². The SMILES string of the molecule is CC(Oc1ccc(F)c(F)c1)C(=O)N[C@H]1CC[C@@H](C(=O)O)C1. The van der Waals surface area contributed by atoms with E-state index in [9.17, 15) is 18.4 Å². The Labute approximate surface area is 126 Å². The van der Waals surface area contributed by atoms with Gasteiger partial charge in [0.25, 0.3) is 5.91 Å². The molecule has 2 N–H and O–H groups in total. The highest BCUT2D eigenvalue weighted by Gasteiger charge is 2.31. The fourth-order valence-corrected chi connectivity index (χ4v) is 2.46. The second-order valence-corrected chi connectivity index (χ2v) is 5.39. The van der Waals surface area contributed by atoms with E-state index in [0.29, 0.717) is 19.3 Å². The summed E-state index contributed by atoms with van der Waals surface area (Å²) in [6.45, 7) is 1.49. The fourth-order valence-electron chi connectivity index (χ4n) is 2.46. The van der Waals surface area contributed by atoms with Crippen molar-refractivity contribution in [2.75, 3.05) is 0 Å². The molecule has 5 nitrogen and oxygen atoms in total. The van der Waals surface area contributed by atoms with E-state index in [1.54, 1.807) is 0 Å². The maximum absolute atomic E-state index is 13.1. The molecule has 7 heteroatoms. The van der Waals surface area contributed by atoms with Crippen LogP contribution in [0.4, 0.5) is 8.78 Å². The van der Waals surface area contributed by atoms with Crippen molar-refractivity contribution in [1.82, 2.24) is 5.32 Å². The molecule has 1 aromatic rings. The van der Waals surface area contributed by atoms with Gasteiger partial charge in [0.2, 0.25) is 0 Å². The quantitative estimate of drug-likeness (QED) is 0.873. The zero-order valence-electron chi connectivity index (χ0n) is 12.0. The lowest BCUT2D eigenvalue weighted by atomic mass is 10.1. The summed E-state index contributed by atoms with van der Waals surface area (Å²) in [7, 11) is 0. The Balaban J connectivity index is 1.87. The monoisotopic (exact) mass is 313 g/mol. The number of amides is 1. The summed E-state index contributed by atoms with van der Waals surface area (Å²) in [5.41, 5.74) is 0. The number of carbonyl (C=O) groups excluding carboxylic acids is 1. The first-order valence-corrected chi connectivity index (χ1v) is 7.01. The number of rotatable bonds is 5. The van der Waals surface area contributed by atoms with Gasteiger partial charge in [-0.25, -0.2) is 8.78 Å². The number of carbonyl (C=O) groups is 2. The van der Waals surface area contributed by atoms with Gasteiger partial charge in [-0.15, -0.1) is 0 Å². The van der Waals surface area contributed by atoms with Crippen molar-refractivity contribution >= 4 is 11.9 Å². The molecule has 2 rings (SSSR count). The molecule has 1 unspecified atom stereocenters. The number of nitrogens with one attached hydrogen (secondary N) is 1. The van der Waals surface area contributed by atoms with E-state index in [0.717, 1.165) is 12.1 Å². The van der Waals surface area contributed by atoms with Crippen LogP contribution in [0, 0.1) is 17.6 Å². The van der Waals surface area contributed by atoms with Crippen molar-refractivity contribution in [1.29, 1.82) is 0 Å². The summed E-state index contributed by atoms with van der Waals surface area (Å²) >= 11 is 0. The predicted octanol–water partition coefficient (Wildman–Crippen LogP) is 2.10. The van der Waals surface area contributed by atoms with Crippen LogP contribution in [-0.4, -0.2) is 29.1 Å². The third-order valence-electron chi connectivity index (χ3n) is 3.70. The number of aliphatic carboxylic acids is 1. The predicted molar refractivity (Wildman–Crippen MR) is 73.4 cm³/mol. The summed E-state index contributed by atoms with van der Waals surface area (Å²) in [5.74, 6) is -3.70. The average molecular weight is 313 g/mol. The molecule has 0 aromatic heterocycles. The van der Waals surface area contributed by atoms with Gasteiger partial charge in [0.1, 0.15) is 5.75 Å². The van der Waals surface area contributed by atoms with Crippen LogP contribution in [0.3, 0.4) is 0 Å². The fraction of sp³-hybridized carbons (Fsp3) is 0.467. The van der Waals surface area contributed by atoms with Crippen molar-refractivity contribution in [2.24, 2.45) is 5.92 Å². The Hall–Kier alpha value is -2.18. The Morgan fingerprint density at radius 1 is 1.32 bits per heavy atom. The lowest BCUT2D eigenvalue weighted by molar-refractivity contribution is -0.141. The Morgan fingerprint density at radius 3 is 2.64 bits per heavy atom. The molecular weight excluding hydrogens is 296 g/mol. The smallest absolute Gasteiger partial charge is 0.306 e. The Kier molecular flexibility index (Phi) is 4.95. The molecule has 1 saturated carbocycles. The summed E-state index contributed by atoms with van der Waals surface area (Å²) in [5, 5.41) is 11.6. The molecular formula is C15H17F2NO4. The van der Waals surface area contributed by atoms with Gasteiger partial charge in [0.05, 0.1) is 5.92 Å². The molecule has 3 atom stereocenters. The minimum atomic E-state index is -1.05.